The number of aryl methyl sites for hydroxylation is 1. The van der Waals surface area contributed by atoms with Crippen molar-refractivity contribution in [3.63, 3.8) is 0 Å². The number of likely N-dealkylation sites (tertiary alicyclic amines) is 1. The minimum absolute atomic E-state index is 0.0165. The van der Waals surface area contributed by atoms with Crippen LogP contribution in [0.2, 0.25) is 5.02 Å². The third-order valence-electron chi connectivity index (χ3n) is 6.19. The lowest BCUT2D eigenvalue weighted by atomic mass is 9.98. The first-order chi connectivity index (χ1) is 16.7. The Balaban J connectivity index is 1.54. The zero-order valence-corrected chi connectivity index (χ0v) is 19.1. The molecular formula is C24H22ClF3N4O3. The highest BCUT2D eigenvalue weighted by Gasteiger charge is 2.42. The molecule has 2 aromatic carbocycles. The number of halogens is 4. The average molecular weight is 507 g/mol. The smallest absolute Gasteiger partial charge is 0.323 e. The zero-order chi connectivity index (χ0) is 25.3. The van der Waals surface area contributed by atoms with Crippen molar-refractivity contribution in [3.05, 3.63) is 65.1 Å². The Morgan fingerprint density at radius 3 is 2.60 bits per heavy atom. The highest BCUT2D eigenvalue weighted by atomic mass is 35.5. The average Bonchev–Trinajstić information content (AvgIpc) is 3.43. The number of para-hydroxylation sites is 1. The van der Waals surface area contributed by atoms with E-state index >= 15 is 0 Å². The van der Waals surface area contributed by atoms with E-state index in [-0.39, 0.29) is 42.1 Å². The third-order valence-corrected chi connectivity index (χ3v) is 6.48. The maximum absolute atomic E-state index is 14.2. The van der Waals surface area contributed by atoms with Gasteiger partial charge in [-0.2, -0.15) is 0 Å². The molecule has 4 rings (SSSR count). The second-order valence-electron chi connectivity index (χ2n) is 8.38. The van der Waals surface area contributed by atoms with Crippen molar-refractivity contribution in [2.45, 2.75) is 31.7 Å². The Kier molecular flexibility index (Phi) is 7.02. The number of carbonyl (C=O) groups is 3. The predicted molar refractivity (Wildman–Crippen MR) is 125 cm³/mol. The number of amides is 3. The summed E-state index contributed by atoms with van der Waals surface area (Å²) in [6.07, 6.45) is -1.72. The standard InChI is InChI=1S/C24H22ClF3N4O3/c25-16-6-3-4-13(21(16)26)8-9-20(33)19-10-14(22(27)28)11-32(19)24(35)30-17-12-31(23(29)34)18-7-2-1-5-15(17)18/h1-7,12,14,19,22H,8-11H2,(H2,29,34)(H,30,35)/t14-,19-/m0/s1. The van der Waals surface area contributed by atoms with Gasteiger partial charge in [-0.1, -0.05) is 41.9 Å². The lowest BCUT2D eigenvalue weighted by molar-refractivity contribution is -0.122. The topological polar surface area (TPSA) is 97.4 Å². The van der Waals surface area contributed by atoms with Crippen molar-refractivity contribution < 1.29 is 27.6 Å². The third kappa shape index (κ3) is 4.97. The van der Waals surface area contributed by atoms with Crippen LogP contribution in [0.5, 0.6) is 0 Å². The number of urea groups is 1. The van der Waals surface area contributed by atoms with Gasteiger partial charge >= 0.3 is 12.1 Å². The van der Waals surface area contributed by atoms with Gasteiger partial charge in [0.1, 0.15) is 5.82 Å². The molecule has 0 aliphatic carbocycles. The first-order valence-electron chi connectivity index (χ1n) is 10.9. The largest absolute Gasteiger partial charge is 0.351 e. The lowest BCUT2D eigenvalue weighted by Crippen LogP contribution is -2.43. The second kappa shape index (κ2) is 9.99. The molecule has 2 atom stereocenters. The molecule has 0 unspecified atom stereocenters. The van der Waals surface area contributed by atoms with E-state index in [0.717, 1.165) is 9.47 Å². The summed E-state index contributed by atoms with van der Waals surface area (Å²) in [5.74, 6) is -2.27. The molecule has 3 N–H and O–H groups in total. The van der Waals surface area contributed by atoms with Crippen LogP contribution in [0.1, 0.15) is 18.4 Å². The van der Waals surface area contributed by atoms with Crippen LogP contribution >= 0.6 is 11.6 Å². The molecule has 0 saturated carbocycles. The molecule has 35 heavy (non-hydrogen) atoms. The number of benzene rings is 2. The molecule has 1 aliphatic heterocycles. The SMILES string of the molecule is NC(=O)n1cc(NC(=O)N2C[C@@H](C(F)F)C[C@H]2C(=O)CCc2cccc(Cl)c2F)c2ccccc21. The number of primary amides is 1. The number of alkyl halides is 2. The number of nitrogens with two attached hydrogens (primary N) is 1. The van der Waals surface area contributed by atoms with E-state index in [4.69, 9.17) is 17.3 Å². The minimum Gasteiger partial charge on any atom is -0.351 e. The Bertz CT molecular complexity index is 1300. The number of Topliss-reactive ketones (excluding diaryl/α,β-unsaturated/α-hetero) is 1. The number of hydrogen-bond donors (Lipinski definition) is 2. The summed E-state index contributed by atoms with van der Waals surface area (Å²) in [7, 11) is 0. The van der Waals surface area contributed by atoms with E-state index in [0.29, 0.717) is 10.9 Å². The van der Waals surface area contributed by atoms with Crippen molar-refractivity contribution >= 4 is 46.0 Å². The van der Waals surface area contributed by atoms with Crippen molar-refractivity contribution in [2.75, 3.05) is 11.9 Å². The van der Waals surface area contributed by atoms with Crippen LogP contribution in [-0.2, 0) is 11.2 Å². The highest BCUT2D eigenvalue weighted by Crippen LogP contribution is 2.32. The van der Waals surface area contributed by atoms with E-state index in [1.54, 1.807) is 30.3 Å². The fourth-order valence-corrected chi connectivity index (χ4v) is 4.59. The van der Waals surface area contributed by atoms with E-state index in [1.807, 2.05) is 0 Å². The summed E-state index contributed by atoms with van der Waals surface area (Å²) < 4.78 is 42.3. The van der Waals surface area contributed by atoms with Crippen molar-refractivity contribution in [1.82, 2.24) is 9.47 Å². The van der Waals surface area contributed by atoms with Gasteiger partial charge in [0.25, 0.3) is 0 Å². The summed E-state index contributed by atoms with van der Waals surface area (Å²) in [4.78, 5) is 38.9. The number of nitrogens with zero attached hydrogens (tertiary/aromatic N) is 2. The monoisotopic (exact) mass is 506 g/mol. The molecule has 1 saturated heterocycles. The highest BCUT2D eigenvalue weighted by molar-refractivity contribution is 6.30. The Morgan fingerprint density at radius 1 is 1.14 bits per heavy atom. The van der Waals surface area contributed by atoms with Crippen LogP contribution in [0, 0.1) is 11.7 Å². The van der Waals surface area contributed by atoms with Crippen molar-refractivity contribution in [3.8, 4) is 0 Å². The van der Waals surface area contributed by atoms with Gasteiger partial charge in [-0.3, -0.25) is 9.36 Å². The van der Waals surface area contributed by atoms with Crippen molar-refractivity contribution in [1.29, 1.82) is 0 Å². The molecule has 3 amide bonds. The van der Waals surface area contributed by atoms with Gasteiger partial charge in [0.2, 0.25) is 6.43 Å². The van der Waals surface area contributed by atoms with Gasteiger partial charge in [0.05, 0.1) is 22.3 Å². The molecule has 0 radical (unpaired) electrons. The number of ketones is 1. The molecule has 184 valence electrons. The summed E-state index contributed by atoms with van der Waals surface area (Å²) in [5.41, 5.74) is 6.33. The van der Waals surface area contributed by atoms with Crippen LogP contribution in [0.4, 0.5) is 28.4 Å². The number of nitrogens with one attached hydrogen (secondary N) is 1. The van der Waals surface area contributed by atoms with Crippen LogP contribution in [0.3, 0.4) is 0 Å². The summed E-state index contributed by atoms with van der Waals surface area (Å²) in [6, 6.07) is 8.51. The normalized spacial score (nSPS) is 17.8. The van der Waals surface area contributed by atoms with Crippen molar-refractivity contribution in [2.24, 2.45) is 11.7 Å². The molecule has 2 heterocycles. The van der Waals surface area contributed by atoms with Gasteiger partial charge in [-0.05, 0) is 30.5 Å². The maximum Gasteiger partial charge on any atom is 0.323 e. The molecular weight excluding hydrogens is 485 g/mol. The fourth-order valence-electron chi connectivity index (χ4n) is 4.40. The summed E-state index contributed by atoms with van der Waals surface area (Å²) >= 11 is 5.78. The molecule has 3 aromatic rings. The zero-order valence-electron chi connectivity index (χ0n) is 18.4. The number of hydrogen-bond acceptors (Lipinski definition) is 3. The van der Waals surface area contributed by atoms with Gasteiger partial charge in [0.15, 0.2) is 5.78 Å². The van der Waals surface area contributed by atoms with Crippen LogP contribution < -0.4 is 11.1 Å². The first-order valence-corrected chi connectivity index (χ1v) is 11.3. The predicted octanol–water partition coefficient (Wildman–Crippen LogP) is 5.05. The molecule has 11 heteroatoms. The molecule has 0 bridgehead atoms. The van der Waals surface area contributed by atoms with E-state index in [9.17, 15) is 27.6 Å². The summed E-state index contributed by atoms with van der Waals surface area (Å²) in [6.45, 7) is -0.320. The first kappa shape index (κ1) is 24.6. The Hall–Kier alpha value is -3.53. The number of rotatable bonds is 6. The maximum atomic E-state index is 14.2. The molecule has 1 aromatic heterocycles. The lowest BCUT2D eigenvalue weighted by Gasteiger charge is -2.24. The van der Waals surface area contributed by atoms with Crippen LogP contribution in [-0.4, -0.2) is 46.3 Å². The fraction of sp³-hybridized carbons (Fsp3) is 0.292. The summed E-state index contributed by atoms with van der Waals surface area (Å²) in [5, 5.41) is 3.06. The number of anilines is 1. The van der Waals surface area contributed by atoms with Gasteiger partial charge < -0.3 is 16.0 Å². The van der Waals surface area contributed by atoms with E-state index < -0.39 is 42.0 Å². The number of aromatic nitrogens is 1. The van der Waals surface area contributed by atoms with Gasteiger partial charge in [-0.25, -0.2) is 22.8 Å². The Morgan fingerprint density at radius 2 is 1.89 bits per heavy atom. The molecule has 1 aliphatic rings. The number of carbonyl (C=O) groups excluding carboxylic acids is 3. The van der Waals surface area contributed by atoms with E-state index in [1.165, 1.54) is 18.3 Å². The van der Waals surface area contributed by atoms with Gasteiger partial charge in [-0.15, -0.1) is 0 Å². The molecule has 0 spiro atoms. The van der Waals surface area contributed by atoms with Crippen LogP contribution in [0.25, 0.3) is 10.9 Å². The molecule has 1 fully saturated rings. The molecule has 7 nitrogen and oxygen atoms in total. The van der Waals surface area contributed by atoms with Gasteiger partial charge in [0, 0.05) is 30.5 Å². The quantitative estimate of drug-likeness (QED) is 0.489. The minimum atomic E-state index is -2.72. The number of fused-ring (bicyclic) bond motifs is 1. The van der Waals surface area contributed by atoms with Crippen LogP contribution in [0.15, 0.2) is 48.7 Å². The Labute approximate surface area is 203 Å². The van der Waals surface area contributed by atoms with E-state index in [2.05, 4.69) is 5.32 Å². The second-order valence-corrected chi connectivity index (χ2v) is 8.78.